The Labute approximate surface area is 245 Å². The average Bonchev–Trinajstić information content (AvgIpc) is 2.96. The lowest BCUT2D eigenvalue weighted by Gasteiger charge is -2.45. The number of aryl methyl sites for hydroxylation is 1. The molecular weight excluding hydrogens is 576 g/mol. The fourth-order valence-electron chi connectivity index (χ4n) is 4.93. The molecule has 2 aromatic carbocycles. The Hall–Kier alpha value is -3.25. The number of carbonyl (C=O) groups excluding carboxylic acids is 1. The van der Waals surface area contributed by atoms with Gasteiger partial charge < -0.3 is 69.6 Å². The monoisotopic (exact) mass is 612 g/mol. The smallest absolute Gasteiger partial charge is 0.229 e. The zero-order valence-corrected chi connectivity index (χ0v) is 23.3. The number of rotatable bonds is 10. The van der Waals surface area contributed by atoms with Gasteiger partial charge in [0.15, 0.2) is 29.7 Å². The van der Waals surface area contributed by atoms with E-state index < -0.39 is 90.9 Å². The number of phenolic OH excluding ortho intramolecular Hbond substituents is 3. The summed E-state index contributed by atoms with van der Waals surface area (Å²) in [5.74, 6) is -2.04. The summed E-state index contributed by atoms with van der Waals surface area (Å²) in [6, 6.07) is 6.59. The van der Waals surface area contributed by atoms with Crippen LogP contribution in [-0.2, 0) is 20.6 Å². The van der Waals surface area contributed by atoms with Crippen molar-refractivity contribution in [3.05, 3.63) is 41.5 Å². The van der Waals surface area contributed by atoms with E-state index in [2.05, 4.69) is 0 Å². The number of benzene rings is 2. The summed E-state index contributed by atoms with van der Waals surface area (Å²) >= 11 is 0. The summed E-state index contributed by atoms with van der Waals surface area (Å²) in [5.41, 5.74) is 0.208. The van der Waals surface area contributed by atoms with Crippen LogP contribution >= 0.6 is 0 Å². The van der Waals surface area contributed by atoms with Crippen molar-refractivity contribution in [2.45, 2.75) is 81.2 Å². The summed E-state index contributed by atoms with van der Waals surface area (Å²) < 4.78 is 27.2. The Morgan fingerprint density at radius 1 is 0.837 bits per heavy atom. The van der Waals surface area contributed by atoms with E-state index >= 15 is 0 Å². The molecule has 238 valence electrons. The number of aliphatic hydroxyl groups excluding tert-OH is 6. The maximum absolute atomic E-state index is 12.9. The summed E-state index contributed by atoms with van der Waals surface area (Å²) in [7, 11) is 1.40. The third-order valence-corrected chi connectivity index (χ3v) is 7.41. The van der Waals surface area contributed by atoms with Crippen LogP contribution in [0.2, 0.25) is 0 Å². The fraction of sp³-hybridized carbons (Fsp3) is 0.536. The zero-order chi connectivity index (χ0) is 31.6. The van der Waals surface area contributed by atoms with Crippen LogP contribution in [0.15, 0.2) is 30.3 Å². The lowest BCUT2D eigenvalue weighted by Crippen LogP contribution is -2.64. The lowest BCUT2D eigenvalue weighted by molar-refractivity contribution is -0.354. The molecule has 0 spiro atoms. The molecule has 0 unspecified atom stereocenters. The van der Waals surface area contributed by atoms with E-state index in [1.165, 1.54) is 26.2 Å². The summed E-state index contributed by atoms with van der Waals surface area (Å²) in [6.07, 6.45) is -15.5. The van der Waals surface area contributed by atoms with Crippen LogP contribution in [0.5, 0.6) is 28.7 Å². The third-order valence-electron chi connectivity index (χ3n) is 7.41. The molecule has 4 rings (SSSR count). The van der Waals surface area contributed by atoms with E-state index in [1.807, 2.05) is 0 Å². The van der Waals surface area contributed by atoms with Gasteiger partial charge in [0.2, 0.25) is 6.29 Å². The molecule has 0 amide bonds. The van der Waals surface area contributed by atoms with Crippen LogP contribution in [0.1, 0.15) is 29.3 Å². The van der Waals surface area contributed by atoms with Crippen molar-refractivity contribution >= 4 is 5.78 Å². The van der Waals surface area contributed by atoms with Gasteiger partial charge in [0.05, 0.1) is 19.8 Å². The Morgan fingerprint density at radius 2 is 1.51 bits per heavy atom. The molecule has 15 heteroatoms. The van der Waals surface area contributed by atoms with Gasteiger partial charge in [-0.25, -0.2) is 0 Å². The second-order valence-electron chi connectivity index (χ2n) is 10.4. The number of hydrogen-bond donors (Lipinski definition) is 9. The first-order chi connectivity index (χ1) is 20.4. The molecule has 2 heterocycles. The van der Waals surface area contributed by atoms with E-state index in [0.717, 1.165) is 12.1 Å². The molecule has 10 atom stereocenters. The van der Waals surface area contributed by atoms with Gasteiger partial charge in [-0.1, -0.05) is 6.07 Å². The van der Waals surface area contributed by atoms with E-state index in [-0.39, 0.29) is 30.1 Å². The molecule has 15 nitrogen and oxygen atoms in total. The first-order valence-corrected chi connectivity index (χ1v) is 13.5. The fourth-order valence-corrected chi connectivity index (χ4v) is 4.93. The topological polar surface area (TPSA) is 245 Å². The van der Waals surface area contributed by atoms with Crippen LogP contribution in [0, 0.1) is 0 Å². The SMILES string of the molecule is COc1ccc(CCC(=O)c2c(O)cc(O[C@@H]3O[C@@H](CO)[C@@H](O)[C@@H](O)[C@H]3O[C@@H]3O[C@H](C)[C@H](O)[C@H](O)[C@H]3O)cc2O)cc1O. The highest BCUT2D eigenvalue weighted by Crippen LogP contribution is 2.37. The molecule has 2 fully saturated rings. The van der Waals surface area contributed by atoms with Crippen molar-refractivity contribution in [1.82, 2.24) is 0 Å². The molecule has 0 aromatic heterocycles. The molecule has 9 N–H and O–H groups in total. The van der Waals surface area contributed by atoms with Gasteiger partial charge in [-0.15, -0.1) is 0 Å². The zero-order valence-electron chi connectivity index (χ0n) is 23.3. The van der Waals surface area contributed by atoms with Gasteiger partial charge in [-0.3, -0.25) is 4.79 Å². The minimum Gasteiger partial charge on any atom is -0.507 e. The van der Waals surface area contributed by atoms with Crippen molar-refractivity contribution in [2.24, 2.45) is 0 Å². The van der Waals surface area contributed by atoms with E-state index in [4.69, 9.17) is 23.7 Å². The van der Waals surface area contributed by atoms with Crippen molar-refractivity contribution < 1.29 is 74.4 Å². The molecule has 2 aromatic rings. The molecule has 2 aliphatic rings. The van der Waals surface area contributed by atoms with Crippen molar-refractivity contribution in [2.75, 3.05) is 13.7 Å². The lowest BCUT2D eigenvalue weighted by atomic mass is 9.97. The van der Waals surface area contributed by atoms with Gasteiger partial charge in [-0.2, -0.15) is 0 Å². The van der Waals surface area contributed by atoms with E-state index in [1.54, 1.807) is 6.07 Å². The highest BCUT2D eigenvalue weighted by Gasteiger charge is 2.51. The molecule has 0 radical (unpaired) electrons. The Morgan fingerprint density at radius 3 is 2.12 bits per heavy atom. The number of carbonyl (C=O) groups is 1. The second kappa shape index (κ2) is 13.6. The van der Waals surface area contributed by atoms with E-state index in [0.29, 0.717) is 5.56 Å². The molecule has 43 heavy (non-hydrogen) atoms. The van der Waals surface area contributed by atoms with E-state index in [9.17, 15) is 50.8 Å². The van der Waals surface area contributed by atoms with Crippen LogP contribution in [0.25, 0.3) is 0 Å². The predicted molar refractivity (Wildman–Crippen MR) is 143 cm³/mol. The minimum atomic E-state index is -1.79. The number of phenols is 3. The summed E-state index contributed by atoms with van der Waals surface area (Å²) in [5, 5.41) is 92.3. The van der Waals surface area contributed by atoms with Crippen LogP contribution in [-0.4, -0.2) is 127 Å². The van der Waals surface area contributed by atoms with Crippen molar-refractivity contribution in [3.63, 3.8) is 0 Å². The largest absolute Gasteiger partial charge is 0.507 e. The molecule has 0 aliphatic carbocycles. The van der Waals surface area contributed by atoms with Crippen LogP contribution in [0.4, 0.5) is 0 Å². The number of aliphatic hydroxyl groups is 6. The third kappa shape index (κ3) is 6.95. The molecular formula is C28H36O15. The molecule has 0 saturated carbocycles. The van der Waals surface area contributed by atoms with Gasteiger partial charge in [0.1, 0.15) is 59.4 Å². The predicted octanol–water partition coefficient (Wildman–Crippen LogP) is -1.34. The summed E-state index contributed by atoms with van der Waals surface area (Å²) in [4.78, 5) is 12.9. The normalized spacial score (nSPS) is 32.7. The number of ketones is 1. The first-order valence-electron chi connectivity index (χ1n) is 13.5. The van der Waals surface area contributed by atoms with Gasteiger partial charge >= 0.3 is 0 Å². The van der Waals surface area contributed by atoms with Gasteiger partial charge in [0.25, 0.3) is 0 Å². The Bertz CT molecular complexity index is 1250. The number of aromatic hydroxyl groups is 3. The molecule has 2 aliphatic heterocycles. The highest BCUT2D eigenvalue weighted by atomic mass is 16.8. The average molecular weight is 613 g/mol. The number of methoxy groups -OCH3 is 1. The summed E-state index contributed by atoms with van der Waals surface area (Å²) in [6.45, 7) is 0.662. The maximum atomic E-state index is 12.9. The van der Waals surface area contributed by atoms with Gasteiger partial charge in [0, 0.05) is 18.6 Å². The number of hydrogen-bond acceptors (Lipinski definition) is 15. The van der Waals surface area contributed by atoms with Gasteiger partial charge in [-0.05, 0) is 31.0 Å². The number of ether oxygens (including phenoxy) is 5. The minimum absolute atomic E-state index is 0.110. The Kier molecular flexibility index (Phi) is 10.3. The van der Waals surface area contributed by atoms with Crippen LogP contribution in [0.3, 0.4) is 0 Å². The molecule has 2 saturated heterocycles. The van der Waals surface area contributed by atoms with Crippen molar-refractivity contribution in [3.8, 4) is 28.7 Å². The first kappa shape index (κ1) is 32.7. The quantitative estimate of drug-likeness (QED) is 0.141. The van der Waals surface area contributed by atoms with Crippen LogP contribution < -0.4 is 9.47 Å². The highest BCUT2D eigenvalue weighted by molar-refractivity contribution is 6.01. The Balaban J connectivity index is 1.51. The standard InChI is InChI=1S/C28H36O15/c1-11-21(34)23(36)25(38)27(40-11)43-26-24(37)22(35)19(10-29)42-28(26)41-13-8-16(32)20(17(33)9-13)14(30)5-3-12-4-6-18(39-2)15(31)7-12/h4,6-9,11,19,21-29,31-38H,3,5,10H2,1-2H3/t11-,19+,21+,22-,23+,24-,25-,26-,27+,28-/m1/s1. The molecule has 0 bridgehead atoms. The van der Waals surface area contributed by atoms with Crippen molar-refractivity contribution in [1.29, 1.82) is 0 Å². The number of Topliss-reactive ketones (excluding diaryl/α,β-unsaturated/α-hetero) is 1. The maximum Gasteiger partial charge on any atom is 0.229 e. The second-order valence-corrected chi connectivity index (χ2v) is 10.4.